The Morgan fingerprint density at radius 1 is 1.33 bits per heavy atom. The maximum absolute atomic E-state index is 12.0. The van der Waals surface area contributed by atoms with E-state index in [1.165, 1.54) is 25.8 Å². The van der Waals surface area contributed by atoms with Gasteiger partial charge in [-0.2, -0.15) is 5.10 Å². The number of nitrogens with zero attached hydrogens (tertiary/aromatic N) is 3. The lowest BCUT2D eigenvalue weighted by Crippen LogP contribution is -2.47. The van der Waals surface area contributed by atoms with Crippen molar-refractivity contribution in [3.05, 3.63) is 18.5 Å². The van der Waals surface area contributed by atoms with Crippen LogP contribution in [0.1, 0.15) is 25.7 Å². The molecule has 3 rings (SSSR count). The zero-order chi connectivity index (χ0) is 12.4. The summed E-state index contributed by atoms with van der Waals surface area (Å²) in [5.41, 5.74) is 0. The van der Waals surface area contributed by atoms with Gasteiger partial charge in [-0.05, 0) is 31.9 Å². The second kappa shape index (κ2) is 5.10. The predicted octanol–water partition coefficient (Wildman–Crippen LogP) is 0.626. The Morgan fingerprint density at radius 2 is 2.28 bits per heavy atom. The van der Waals surface area contributed by atoms with E-state index >= 15 is 0 Å². The lowest BCUT2D eigenvalue weighted by atomic mass is 9.99. The number of amides is 1. The molecule has 98 valence electrons. The van der Waals surface area contributed by atoms with Crippen molar-refractivity contribution >= 4 is 5.91 Å². The normalized spacial score (nSPS) is 28.0. The van der Waals surface area contributed by atoms with Gasteiger partial charge < -0.3 is 5.32 Å². The molecule has 1 aromatic heterocycles. The number of piperidine rings is 1. The fraction of sp³-hybridized carbons (Fsp3) is 0.692. The molecule has 2 saturated heterocycles. The first-order valence-electron chi connectivity index (χ1n) is 6.84. The Kier molecular flexibility index (Phi) is 3.32. The zero-order valence-corrected chi connectivity index (χ0v) is 10.6. The Hall–Kier alpha value is -1.36. The molecule has 0 bridgehead atoms. The van der Waals surface area contributed by atoms with Crippen LogP contribution >= 0.6 is 0 Å². The summed E-state index contributed by atoms with van der Waals surface area (Å²) in [6, 6.07) is 2.75. The highest BCUT2D eigenvalue weighted by molar-refractivity contribution is 5.76. The van der Waals surface area contributed by atoms with Gasteiger partial charge in [-0.1, -0.05) is 6.42 Å². The minimum Gasteiger partial charge on any atom is -0.350 e. The molecule has 2 fully saturated rings. The number of aromatic nitrogens is 2. The predicted molar refractivity (Wildman–Crippen MR) is 68.0 cm³/mol. The van der Waals surface area contributed by atoms with Crippen molar-refractivity contribution in [1.82, 2.24) is 20.0 Å². The molecule has 1 amide bonds. The third-order valence-corrected chi connectivity index (χ3v) is 4.07. The third kappa shape index (κ3) is 2.41. The molecule has 2 aliphatic heterocycles. The standard InChI is InChI=1S/C13H20N4O/c18-13(10-17-8-3-6-14-17)15-11-5-9-16-7-2-1-4-12(11)16/h3,6,8,11-12H,1-2,4-5,7,9-10H2,(H,15,18)/t11-,12+/m0/s1. The van der Waals surface area contributed by atoms with E-state index in [1.54, 1.807) is 10.9 Å². The van der Waals surface area contributed by atoms with E-state index in [0.717, 1.165) is 13.0 Å². The summed E-state index contributed by atoms with van der Waals surface area (Å²) in [7, 11) is 0. The van der Waals surface area contributed by atoms with E-state index < -0.39 is 0 Å². The lowest BCUT2D eigenvalue weighted by Gasteiger charge is -2.32. The Bertz CT molecular complexity index is 403. The lowest BCUT2D eigenvalue weighted by molar-refractivity contribution is -0.122. The van der Waals surface area contributed by atoms with Gasteiger partial charge in [0.15, 0.2) is 0 Å². The molecule has 2 atom stereocenters. The van der Waals surface area contributed by atoms with E-state index in [1.807, 2.05) is 12.3 Å². The first kappa shape index (κ1) is 11.7. The third-order valence-electron chi connectivity index (χ3n) is 4.07. The van der Waals surface area contributed by atoms with Gasteiger partial charge in [-0.15, -0.1) is 0 Å². The van der Waals surface area contributed by atoms with Crippen LogP contribution in [-0.4, -0.2) is 45.8 Å². The molecule has 2 aliphatic rings. The van der Waals surface area contributed by atoms with Crippen LogP contribution in [0.25, 0.3) is 0 Å². The second-order valence-corrected chi connectivity index (χ2v) is 5.27. The van der Waals surface area contributed by atoms with Gasteiger partial charge >= 0.3 is 0 Å². The van der Waals surface area contributed by atoms with Crippen LogP contribution in [0.2, 0.25) is 0 Å². The van der Waals surface area contributed by atoms with E-state index in [-0.39, 0.29) is 5.91 Å². The van der Waals surface area contributed by atoms with Crippen molar-refractivity contribution in [2.45, 2.75) is 44.3 Å². The quantitative estimate of drug-likeness (QED) is 0.853. The molecule has 5 heteroatoms. The molecule has 0 spiro atoms. The first-order chi connectivity index (χ1) is 8.83. The number of fused-ring (bicyclic) bond motifs is 1. The van der Waals surface area contributed by atoms with Crippen LogP contribution in [0.3, 0.4) is 0 Å². The molecular formula is C13H20N4O. The molecule has 1 N–H and O–H groups in total. The van der Waals surface area contributed by atoms with E-state index in [9.17, 15) is 4.79 Å². The molecule has 18 heavy (non-hydrogen) atoms. The number of hydrogen-bond acceptors (Lipinski definition) is 3. The van der Waals surface area contributed by atoms with Crippen molar-refractivity contribution in [2.24, 2.45) is 0 Å². The summed E-state index contributed by atoms with van der Waals surface area (Å²) < 4.78 is 1.67. The number of carbonyl (C=O) groups is 1. The van der Waals surface area contributed by atoms with Crippen LogP contribution in [-0.2, 0) is 11.3 Å². The fourth-order valence-electron chi connectivity index (χ4n) is 3.21. The first-order valence-corrected chi connectivity index (χ1v) is 6.84. The fourth-order valence-corrected chi connectivity index (χ4v) is 3.21. The summed E-state index contributed by atoms with van der Waals surface area (Å²) in [4.78, 5) is 14.5. The molecule has 0 aromatic carbocycles. The summed E-state index contributed by atoms with van der Waals surface area (Å²) in [6.45, 7) is 2.67. The van der Waals surface area contributed by atoms with Gasteiger partial charge in [0.2, 0.25) is 5.91 Å². The topological polar surface area (TPSA) is 50.2 Å². The van der Waals surface area contributed by atoms with Gasteiger partial charge in [0.1, 0.15) is 6.54 Å². The number of nitrogens with one attached hydrogen (secondary N) is 1. The van der Waals surface area contributed by atoms with Crippen molar-refractivity contribution in [2.75, 3.05) is 13.1 Å². The van der Waals surface area contributed by atoms with Crippen molar-refractivity contribution < 1.29 is 4.79 Å². The summed E-state index contributed by atoms with van der Waals surface area (Å²) in [6.07, 6.45) is 8.45. The molecular weight excluding hydrogens is 228 g/mol. The van der Waals surface area contributed by atoms with Crippen LogP contribution in [0.5, 0.6) is 0 Å². The van der Waals surface area contributed by atoms with E-state index in [0.29, 0.717) is 18.6 Å². The molecule has 3 heterocycles. The highest BCUT2D eigenvalue weighted by atomic mass is 16.2. The molecule has 1 aromatic rings. The number of carbonyl (C=O) groups excluding carboxylic acids is 1. The maximum atomic E-state index is 12.0. The Labute approximate surface area is 107 Å². The molecule has 0 unspecified atom stereocenters. The maximum Gasteiger partial charge on any atom is 0.242 e. The Balaban J connectivity index is 1.54. The van der Waals surface area contributed by atoms with Crippen LogP contribution in [0.4, 0.5) is 0 Å². The highest BCUT2D eigenvalue weighted by Gasteiger charge is 2.36. The van der Waals surface area contributed by atoms with Crippen molar-refractivity contribution in [1.29, 1.82) is 0 Å². The molecule has 0 aliphatic carbocycles. The minimum atomic E-state index is 0.0797. The monoisotopic (exact) mass is 248 g/mol. The van der Waals surface area contributed by atoms with E-state index in [4.69, 9.17) is 0 Å². The van der Waals surface area contributed by atoms with Crippen molar-refractivity contribution in [3.63, 3.8) is 0 Å². The average Bonchev–Trinajstić information content (AvgIpc) is 3.00. The van der Waals surface area contributed by atoms with Gasteiger partial charge in [-0.3, -0.25) is 14.4 Å². The molecule has 0 saturated carbocycles. The van der Waals surface area contributed by atoms with Gasteiger partial charge in [0, 0.05) is 31.0 Å². The van der Waals surface area contributed by atoms with Crippen LogP contribution in [0.15, 0.2) is 18.5 Å². The van der Waals surface area contributed by atoms with Crippen molar-refractivity contribution in [3.8, 4) is 0 Å². The van der Waals surface area contributed by atoms with E-state index in [2.05, 4.69) is 15.3 Å². The summed E-state index contributed by atoms with van der Waals surface area (Å²) in [5, 5.41) is 7.23. The highest BCUT2D eigenvalue weighted by Crippen LogP contribution is 2.26. The molecule has 5 nitrogen and oxygen atoms in total. The van der Waals surface area contributed by atoms with Gasteiger partial charge in [0.25, 0.3) is 0 Å². The van der Waals surface area contributed by atoms with Crippen LogP contribution in [0, 0.1) is 0 Å². The molecule has 0 radical (unpaired) electrons. The second-order valence-electron chi connectivity index (χ2n) is 5.27. The SMILES string of the molecule is O=C(Cn1cccn1)N[C@H]1CCN2CCCC[C@H]12. The number of hydrogen-bond donors (Lipinski definition) is 1. The largest absolute Gasteiger partial charge is 0.350 e. The van der Waals surface area contributed by atoms with Gasteiger partial charge in [0.05, 0.1) is 0 Å². The Morgan fingerprint density at radius 3 is 3.11 bits per heavy atom. The number of rotatable bonds is 3. The summed E-state index contributed by atoms with van der Waals surface area (Å²) in [5.74, 6) is 0.0797. The minimum absolute atomic E-state index is 0.0797. The zero-order valence-electron chi connectivity index (χ0n) is 10.6. The smallest absolute Gasteiger partial charge is 0.242 e. The summed E-state index contributed by atoms with van der Waals surface area (Å²) >= 11 is 0. The average molecular weight is 248 g/mol. The van der Waals surface area contributed by atoms with Gasteiger partial charge in [-0.25, -0.2) is 0 Å². The van der Waals surface area contributed by atoms with Crippen LogP contribution < -0.4 is 5.32 Å².